The monoisotopic (exact) mass is 302 g/mol. The molecule has 120 valence electrons. The Morgan fingerprint density at radius 2 is 1.73 bits per heavy atom. The second kappa shape index (κ2) is 5.67. The molecule has 0 aliphatic rings. The first kappa shape index (κ1) is 16.4. The third kappa shape index (κ3) is 3.81. The van der Waals surface area contributed by atoms with E-state index in [1.54, 1.807) is 6.20 Å². The van der Waals surface area contributed by atoms with Gasteiger partial charge in [0.05, 0.1) is 5.69 Å². The van der Waals surface area contributed by atoms with Crippen molar-refractivity contribution in [2.24, 2.45) is 0 Å². The summed E-state index contributed by atoms with van der Waals surface area (Å²) in [6, 6.07) is 6.38. The van der Waals surface area contributed by atoms with E-state index in [1.165, 1.54) is 11.1 Å². The lowest BCUT2D eigenvalue weighted by molar-refractivity contribution is 0.293. The minimum Gasteiger partial charge on any atom is -0.487 e. The zero-order valence-electron chi connectivity index (χ0n) is 14.3. The van der Waals surface area contributed by atoms with E-state index in [0.29, 0.717) is 6.61 Å². The van der Waals surface area contributed by atoms with Crippen molar-refractivity contribution in [1.29, 1.82) is 0 Å². The fourth-order valence-corrected chi connectivity index (χ4v) is 2.31. The van der Waals surface area contributed by atoms with Gasteiger partial charge in [-0.25, -0.2) is 4.79 Å². The first-order valence-electron chi connectivity index (χ1n) is 7.62. The van der Waals surface area contributed by atoms with Crippen molar-refractivity contribution in [3.63, 3.8) is 0 Å². The lowest BCUT2D eigenvalue weighted by atomic mass is 9.80. The van der Waals surface area contributed by atoms with Crippen LogP contribution in [-0.2, 0) is 17.4 Å². The second-order valence-corrected chi connectivity index (χ2v) is 7.77. The molecule has 2 N–H and O–H groups in total. The molecule has 0 atom stereocenters. The van der Waals surface area contributed by atoms with Crippen molar-refractivity contribution in [2.75, 3.05) is 0 Å². The van der Waals surface area contributed by atoms with Gasteiger partial charge in [0, 0.05) is 6.20 Å². The number of nitrogens with one attached hydrogen (secondary N) is 2. The van der Waals surface area contributed by atoms with Gasteiger partial charge in [0.15, 0.2) is 0 Å². The molecule has 0 unspecified atom stereocenters. The molecule has 0 saturated heterocycles. The Labute approximate surface area is 131 Å². The van der Waals surface area contributed by atoms with Crippen LogP contribution >= 0.6 is 0 Å². The highest BCUT2D eigenvalue weighted by atomic mass is 16.5. The van der Waals surface area contributed by atoms with Crippen LogP contribution in [0, 0.1) is 0 Å². The number of H-pyrrole nitrogens is 2. The Kier molecular flexibility index (Phi) is 4.23. The Morgan fingerprint density at radius 3 is 2.23 bits per heavy atom. The number of aromatic nitrogens is 2. The highest BCUT2D eigenvalue weighted by molar-refractivity contribution is 5.43. The smallest absolute Gasteiger partial charge is 0.323 e. The van der Waals surface area contributed by atoms with Crippen molar-refractivity contribution in [1.82, 2.24) is 9.97 Å². The largest absolute Gasteiger partial charge is 0.487 e. The van der Waals surface area contributed by atoms with E-state index in [9.17, 15) is 4.79 Å². The predicted octanol–water partition coefficient (Wildman–Crippen LogP) is 3.88. The van der Waals surface area contributed by atoms with Gasteiger partial charge >= 0.3 is 5.69 Å². The third-order valence-electron chi connectivity index (χ3n) is 3.69. The zero-order chi connectivity index (χ0) is 16.5. The standard InChI is InChI=1S/C18H26N2O2/c1-17(2,3)12-7-8-15(14(9-12)18(4,5)6)22-11-13-10-19-16(21)20-13/h7-10H,11H2,1-6H3,(H2,19,20,21). The number of aromatic amines is 2. The molecule has 0 fully saturated rings. The third-order valence-corrected chi connectivity index (χ3v) is 3.69. The normalized spacial score (nSPS) is 12.5. The average Bonchev–Trinajstić information content (AvgIpc) is 2.80. The molecule has 4 nitrogen and oxygen atoms in total. The lowest BCUT2D eigenvalue weighted by Gasteiger charge is -2.27. The van der Waals surface area contributed by atoms with Crippen LogP contribution < -0.4 is 10.4 Å². The molecular formula is C18H26N2O2. The summed E-state index contributed by atoms with van der Waals surface area (Å²) in [5, 5.41) is 0. The molecule has 1 heterocycles. The van der Waals surface area contributed by atoms with E-state index in [2.05, 4.69) is 63.6 Å². The molecule has 22 heavy (non-hydrogen) atoms. The van der Waals surface area contributed by atoms with Gasteiger partial charge in [-0.3, -0.25) is 0 Å². The maximum Gasteiger partial charge on any atom is 0.323 e. The van der Waals surface area contributed by atoms with Crippen LogP contribution in [0.1, 0.15) is 58.4 Å². The fourth-order valence-electron chi connectivity index (χ4n) is 2.31. The second-order valence-electron chi connectivity index (χ2n) is 7.77. The van der Waals surface area contributed by atoms with E-state index in [4.69, 9.17) is 4.74 Å². The van der Waals surface area contributed by atoms with Crippen LogP contribution in [0.5, 0.6) is 5.75 Å². The molecule has 0 bridgehead atoms. The summed E-state index contributed by atoms with van der Waals surface area (Å²) in [7, 11) is 0. The number of hydrogen-bond donors (Lipinski definition) is 2. The highest BCUT2D eigenvalue weighted by Gasteiger charge is 2.23. The maximum atomic E-state index is 11.1. The molecule has 0 radical (unpaired) electrons. The van der Waals surface area contributed by atoms with Crippen molar-refractivity contribution in [2.45, 2.75) is 59.0 Å². The molecule has 0 aliphatic carbocycles. The molecule has 1 aromatic carbocycles. The molecule has 0 saturated carbocycles. The summed E-state index contributed by atoms with van der Waals surface area (Å²) in [6.45, 7) is 13.5. The van der Waals surface area contributed by atoms with Gasteiger partial charge in [0.2, 0.25) is 0 Å². The SMILES string of the molecule is CC(C)(C)c1ccc(OCc2c[nH]c(=O)[nH]2)c(C(C)(C)C)c1. The van der Waals surface area contributed by atoms with Gasteiger partial charge in [-0.15, -0.1) is 0 Å². The van der Waals surface area contributed by atoms with Gasteiger partial charge in [-0.05, 0) is 28.0 Å². The Bertz CT molecular complexity index is 697. The maximum absolute atomic E-state index is 11.1. The number of rotatable bonds is 3. The van der Waals surface area contributed by atoms with Gasteiger partial charge in [-0.2, -0.15) is 0 Å². The minimum absolute atomic E-state index is 0.0118. The van der Waals surface area contributed by atoms with Crippen molar-refractivity contribution < 1.29 is 4.74 Å². The summed E-state index contributed by atoms with van der Waals surface area (Å²) < 4.78 is 5.94. The molecule has 2 rings (SSSR count). The zero-order valence-corrected chi connectivity index (χ0v) is 14.3. The first-order valence-corrected chi connectivity index (χ1v) is 7.62. The molecule has 0 aliphatic heterocycles. The van der Waals surface area contributed by atoms with E-state index < -0.39 is 0 Å². The van der Waals surface area contributed by atoms with Gasteiger partial charge < -0.3 is 14.7 Å². The molecule has 0 amide bonds. The molecule has 2 aromatic rings. The van der Waals surface area contributed by atoms with Crippen molar-refractivity contribution in [3.8, 4) is 5.75 Å². The summed E-state index contributed by atoms with van der Waals surface area (Å²) in [5.41, 5.74) is 3.09. The molecule has 4 heteroatoms. The fraction of sp³-hybridized carbons (Fsp3) is 0.500. The van der Waals surface area contributed by atoms with Gasteiger partial charge in [0.1, 0.15) is 12.4 Å². The summed E-state index contributed by atoms with van der Waals surface area (Å²) in [5.74, 6) is 0.863. The first-order chi connectivity index (χ1) is 10.1. The van der Waals surface area contributed by atoms with Crippen molar-refractivity contribution in [3.05, 3.63) is 51.7 Å². The van der Waals surface area contributed by atoms with Gasteiger partial charge in [0.25, 0.3) is 0 Å². The minimum atomic E-state index is -0.210. The average molecular weight is 302 g/mol. The Balaban J connectivity index is 2.32. The predicted molar refractivity (Wildman–Crippen MR) is 89.6 cm³/mol. The van der Waals surface area contributed by atoms with Crippen LogP contribution in [0.2, 0.25) is 0 Å². The lowest BCUT2D eigenvalue weighted by Crippen LogP contribution is -2.17. The molecule has 1 aromatic heterocycles. The number of imidazole rings is 1. The number of hydrogen-bond acceptors (Lipinski definition) is 2. The van der Waals surface area contributed by atoms with E-state index in [0.717, 1.165) is 11.4 Å². The topological polar surface area (TPSA) is 57.9 Å². The van der Waals surface area contributed by atoms with Crippen LogP contribution in [0.3, 0.4) is 0 Å². The van der Waals surface area contributed by atoms with Crippen molar-refractivity contribution >= 4 is 0 Å². The Morgan fingerprint density at radius 1 is 1.05 bits per heavy atom. The van der Waals surface area contributed by atoms with Crippen LogP contribution in [-0.4, -0.2) is 9.97 Å². The summed E-state index contributed by atoms with van der Waals surface area (Å²) >= 11 is 0. The highest BCUT2D eigenvalue weighted by Crippen LogP contribution is 2.35. The summed E-state index contributed by atoms with van der Waals surface area (Å²) in [4.78, 5) is 16.4. The van der Waals surface area contributed by atoms with Crippen LogP contribution in [0.15, 0.2) is 29.2 Å². The summed E-state index contributed by atoms with van der Waals surface area (Å²) in [6.07, 6.45) is 1.64. The van der Waals surface area contributed by atoms with E-state index >= 15 is 0 Å². The Hall–Kier alpha value is -1.97. The molecule has 0 spiro atoms. The quantitative estimate of drug-likeness (QED) is 0.904. The van der Waals surface area contributed by atoms with E-state index in [1.807, 2.05) is 6.07 Å². The number of benzene rings is 1. The van der Waals surface area contributed by atoms with Crippen LogP contribution in [0.4, 0.5) is 0 Å². The number of ether oxygens (including phenoxy) is 1. The van der Waals surface area contributed by atoms with Gasteiger partial charge in [-0.1, -0.05) is 53.7 Å². The molecular weight excluding hydrogens is 276 g/mol. The van der Waals surface area contributed by atoms with Crippen LogP contribution in [0.25, 0.3) is 0 Å². The van der Waals surface area contributed by atoms with E-state index in [-0.39, 0.29) is 16.5 Å².